The Bertz CT molecular complexity index is 432. The standard InChI is InChI=1S/C13H18N2O3/c1-2-3-8-11(18-13(15)17)9-6-4-5-7-10(9)12(14)16/h4-7,11H,2-3,8H2,1H3,(H2,14,16)(H2,15,17). The van der Waals surface area contributed by atoms with E-state index in [0.29, 0.717) is 17.5 Å². The third kappa shape index (κ3) is 3.76. The third-order valence-corrected chi connectivity index (χ3v) is 2.65. The van der Waals surface area contributed by atoms with E-state index in [-0.39, 0.29) is 0 Å². The molecule has 2 amide bonds. The number of carbonyl (C=O) groups excluding carboxylic acids is 2. The molecule has 0 saturated carbocycles. The summed E-state index contributed by atoms with van der Waals surface area (Å²) in [5.74, 6) is -0.542. The SMILES string of the molecule is CCCCC(OC(N)=O)c1ccccc1C(N)=O. The molecule has 0 radical (unpaired) electrons. The maximum atomic E-state index is 11.3. The van der Waals surface area contributed by atoms with Gasteiger partial charge in [0.2, 0.25) is 5.91 Å². The molecular formula is C13H18N2O3. The van der Waals surface area contributed by atoms with Gasteiger partial charge in [0.05, 0.1) is 0 Å². The summed E-state index contributed by atoms with van der Waals surface area (Å²) in [6.45, 7) is 2.03. The summed E-state index contributed by atoms with van der Waals surface area (Å²) in [6, 6.07) is 6.82. The zero-order chi connectivity index (χ0) is 13.5. The van der Waals surface area contributed by atoms with Gasteiger partial charge in [-0.2, -0.15) is 0 Å². The van der Waals surface area contributed by atoms with Crippen LogP contribution in [0.4, 0.5) is 4.79 Å². The fraction of sp³-hybridized carbons (Fsp3) is 0.385. The second-order valence-electron chi connectivity index (χ2n) is 4.02. The fourth-order valence-corrected chi connectivity index (χ4v) is 1.81. The van der Waals surface area contributed by atoms with Gasteiger partial charge in [0.25, 0.3) is 0 Å². The Morgan fingerprint density at radius 3 is 2.50 bits per heavy atom. The molecule has 0 aromatic heterocycles. The molecule has 0 spiro atoms. The van der Waals surface area contributed by atoms with Gasteiger partial charge in [-0.05, 0) is 18.9 Å². The maximum Gasteiger partial charge on any atom is 0.405 e. The maximum absolute atomic E-state index is 11.3. The first-order valence-corrected chi connectivity index (χ1v) is 5.91. The average molecular weight is 250 g/mol. The van der Waals surface area contributed by atoms with Crippen LogP contribution in [0.1, 0.15) is 48.2 Å². The van der Waals surface area contributed by atoms with Crippen molar-refractivity contribution < 1.29 is 14.3 Å². The van der Waals surface area contributed by atoms with Crippen LogP contribution in [-0.2, 0) is 4.74 Å². The second-order valence-corrected chi connectivity index (χ2v) is 4.02. The number of ether oxygens (including phenoxy) is 1. The van der Waals surface area contributed by atoms with Crippen molar-refractivity contribution >= 4 is 12.0 Å². The lowest BCUT2D eigenvalue weighted by Gasteiger charge is -2.18. The van der Waals surface area contributed by atoms with E-state index in [0.717, 1.165) is 12.8 Å². The lowest BCUT2D eigenvalue weighted by Crippen LogP contribution is -2.21. The van der Waals surface area contributed by atoms with E-state index in [1.807, 2.05) is 6.92 Å². The van der Waals surface area contributed by atoms with Crippen molar-refractivity contribution in [3.63, 3.8) is 0 Å². The highest BCUT2D eigenvalue weighted by atomic mass is 16.6. The fourth-order valence-electron chi connectivity index (χ4n) is 1.81. The number of unbranched alkanes of at least 4 members (excludes halogenated alkanes) is 1. The van der Waals surface area contributed by atoms with Crippen molar-refractivity contribution in [2.75, 3.05) is 0 Å². The predicted octanol–water partition coefficient (Wildman–Crippen LogP) is 2.11. The normalized spacial score (nSPS) is 11.8. The topological polar surface area (TPSA) is 95.4 Å². The molecule has 1 atom stereocenters. The minimum atomic E-state index is -0.852. The highest BCUT2D eigenvalue weighted by Gasteiger charge is 2.20. The molecular weight excluding hydrogens is 232 g/mol. The molecule has 5 heteroatoms. The summed E-state index contributed by atoms with van der Waals surface area (Å²) in [4.78, 5) is 22.2. The number of amides is 2. The van der Waals surface area contributed by atoms with Crippen LogP contribution in [0.2, 0.25) is 0 Å². The van der Waals surface area contributed by atoms with Crippen LogP contribution in [0.15, 0.2) is 24.3 Å². The van der Waals surface area contributed by atoms with Crippen molar-refractivity contribution in [1.29, 1.82) is 0 Å². The summed E-state index contributed by atoms with van der Waals surface area (Å²) < 4.78 is 5.06. The van der Waals surface area contributed by atoms with Crippen LogP contribution >= 0.6 is 0 Å². The third-order valence-electron chi connectivity index (χ3n) is 2.65. The van der Waals surface area contributed by atoms with E-state index in [1.165, 1.54) is 0 Å². The molecule has 1 aromatic carbocycles. The van der Waals surface area contributed by atoms with Gasteiger partial charge in [-0.25, -0.2) is 4.79 Å². The van der Waals surface area contributed by atoms with E-state index < -0.39 is 18.1 Å². The Balaban J connectivity index is 3.03. The Morgan fingerprint density at radius 2 is 1.94 bits per heavy atom. The van der Waals surface area contributed by atoms with Crippen LogP contribution in [0.5, 0.6) is 0 Å². The zero-order valence-electron chi connectivity index (χ0n) is 10.4. The van der Waals surface area contributed by atoms with Crippen LogP contribution in [0.25, 0.3) is 0 Å². The van der Waals surface area contributed by atoms with Crippen molar-refractivity contribution in [3.05, 3.63) is 35.4 Å². The first-order chi connectivity index (χ1) is 8.56. The van der Waals surface area contributed by atoms with Crippen molar-refractivity contribution in [2.24, 2.45) is 11.5 Å². The molecule has 1 aromatic rings. The number of primary amides is 2. The molecule has 5 nitrogen and oxygen atoms in total. The summed E-state index contributed by atoms with van der Waals surface area (Å²) in [5.41, 5.74) is 11.3. The van der Waals surface area contributed by atoms with Gasteiger partial charge in [0.1, 0.15) is 6.10 Å². The van der Waals surface area contributed by atoms with Gasteiger partial charge in [0, 0.05) is 11.1 Å². The van der Waals surface area contributed by atoms with Crippen LogP contribution in [0.3, 0.4) is 0 Å². The van der Waals surface area contributed by atoms with E-state index in [1.54, 1.807) is 24.3 Å². The molecule has 0 bridgehead atoms. The van der Waals surface area contributed by atoms with Gasteiger partial charge in [-0.3, -0.25) is 4.79 Å². The number of rotatable bonds is 6. The summed E-state index contributed by atoms with van der Waals surface area (Å²) >= 11 is 0. The monoisotopic (exact) mass is 250 g/mol. The number of carbonyl (C=O) groups is 2. The molecule has 0 fully saturated rings. The quantitative estimate of drug-likeness (QED) is 0.809. The molecule has 1 unspecified atom stereocenters. The number of hydrogen-bond donors (Lipinski definition) is 2. The minimum Gasteiger partial charge on any atom is -0.441 e. The van der Waals surface area contributed by atoms with Gasteiger partial charge < -0.3 is 16.2 Å². The first kappa shape index (κ1) is 14.0. The molecule has 0 aliphatic heterocycles. The number of benzene rings is 1. The van der Waals surface area contributed by atoms with Crippen LogP contribution < -0.4 is 11.5 Å². The van der Waals surface area contributed by atoms with E-state index in [2.05, 4.69) is 0 Å². The van der Waals surface area contributed by atoms with Crippen LogP contribution in [0, 0.1) is 0 Å². The van der Waals surface area contributed by atoms with E-state index in [4.69, 9.17) is 16.2 Å². The molecule has 0 heterocycles. The molecule has 0 saturated heterocycles. The van der Waals surface area contributed by atoms with Crippen molar-refractivity contribution in [1.82, 2.24) is 0 Å². The lowest BCUT2D eigenvalue weighted by atomic mass is 9.98. The smallest absolute Gasteiger partial charge is 0.405 e. The Morgan fingerprint density at radius 1 is 1.28 bits per heavy atom. The first-order valence-electron chi connectivity index (χ1n) is 5.91. The highest BCUT2D eigenvalue weighted by molar-refractivity contribution is 5.94. The van der Waals surface area contributed by atoms with Gasteiger partial charge in [-0.15, -0.1) is 0 Å². The summed E-state index contributed by atoms with van der Waals surface area (Å²) in [6.07, 6.45) is 1.06. The summed E-state index contributed by atoms with van der Waals surface area (Å²) in [5, 5.41) is 0. The van der Waals surface area contributed by atoms with Crippen molar-refractivity contribution in [2.45, 2.75) is 32.3 Å². The largest absolute Gasteiger partial charge is 0.441 e. The Kier molecular flexibility index (Phi) is 5.17. The predicted molar refractivity (Wildman–Crippen MR) is 67.9 cm³/mol. The molecule has 0 aliphatic carbocycles. The highest BCUT2D eigenvalue weighted by Crippen LogP contribution is 2.26. The zero-order valence-corrected chi connectivity index (χ0v) is 10.4. The van der Waals surface area contributed by atoms with Crippen molar-refractivity contribution in [3.8, 4) is 0 Å². The van der Waals surface area contributed by atoms with Gasteiger partial charge >= 0.3 is 6.09 Å². The Labute approximate surface area is 106 Å². The van der Waals surface area contributed by atoms with Gasteiger partial charge in [0.15, 0.2) is 0 Å². The second kappa shape index (κ2) is 6.64. The molecule has 1 rings (SSSR count). The van der Waals surface area contributed by atoms with Gasteiger partial charge in [-0.1, -0.05) is 31.5 Å². The Hall–Kier alpha value is -2.04. The van der Waals surface area contributed by atoms with E-state index >= 15 is 0 Å². The number of hydrogen-bond acceptors (Lipinski definition) is 3. The number of nitrogens with two attached hydrogens (primary N) is 2. The molecule has 18 heavy (non-hydrogen) atoms. The van der Waals surface area contributed by atoms with Crippen LogP contribution in [-0.4, -0.2) is 12.0 Å². The lowest BCUT2D eigenvalue weighted by molar-refractivity contribution is 0.0934. The molecule has 4 N–H and O–H groups in total. The minimum absolute atomic E-state index is 0.361. The molecule has 98 valence electrons. The van der Waals surface area contributed by atoms with E-state index in [9.17, 15) is 9.59 Å². The molecule has 0 aliphatic rings. The average Bonchev–Trinajstić information content (AvgIpc) is 2.34. The summed E-state index contributed by atoms with van der Waals surface area (Å²) in [7, 11) is 0.